The molecule has 3 nitrogen and oxygen atoms in total. The average molecular weight is 268 g/mol. The van der Waals surface area contributed by atoms with Gasteiger partial charge in [-0.1, -0.05) is 11.6 Å². The monoisotopic (exact) mass is 267 g/mol. The van der Waals surface area contributed by atoms with Gasteiger partial charge in [0.25, 0.3) is 0 Å². The second kappa shape index (κ2) is 6.12. The van der Waals surface area contributed by atoms with Crippen molar-refractivity contribution in [3.63, 3.8) is 0 Å². The number of halogens is 1. The standard InChI is InChI=1S/C12H14ClN3S/c13-12-7-10(3-5-15-12)11(16-14)2-1-9-4-6-17-8-9/h3-8,11,16H,1-2,14H2. The Morgan fingerprint density at radius 3 is 3.00 bits per heavy atom. The highest BCUT2D eigenvalue weighted by Crippen LogP contribution is 2.21. The maximum atomic E-state index is 5.87. The Morgan fingerprint density at radius 1 is 1.47 bits per heavy atom. The molecule has 2 rings (SSSR count). The summed E-state index contributed by atoms with van der Waals surface area (Å²) in [5.74, 6) is 5.58. The topological polar surface area (TPSA) is 50.9 Å². The number of nitrogens with two attached hydrogens (primary N) is 1. The molecule has 1 atom stereocenters. The summed E-state index contributed by atoms with van der Waals surface area (Å²) in [5.41, 5.74) is 5.24. The van der Waals surface area contributed by atoms with Crippen LogP contribution in [0.25, 0.3) is 0 Å². The lowest BCUT2D eigenvalue weighted by atomic mass is 10.0. The number of aryl methyl sites for hydroxylation is 1. The summed E-state index contributed by atoms with van der Waals surface area (Å²) < 4.78 is 0. The number of thiophene rings is 1. The third-order valence-corrected chi connectivity index (χ3v) is 3.59. The van der Waals surface area contributed by atoms with Crippen molar-refractivity contribution in [2.24, 2.45) is 5.84 Å². The van der Waals surface area contributed by atoms with E-state index in [1.54, 1.807) is 17.5 Å². The van der Waals surface area contributed by atoms with Gasteiger partial charge in [0.1, 0.15) is 5.15 Å². The zero-order valence-corrected chi connectivity index (χ0v) is 10.8. The summed E-state index contributed by atoms with van der Waals surface area (Å²) in [4.78, 5) is 3.97. The normalized spacial score (nSPS) is 12.6. The molecule has 2 aromatic rings. The van der Waals surface area contributed by atoms with Crippen LogP contribution in [0, 0.1) is 0 Å². The Hall–Kier alpha value is -0.940. The number of hydrogen-bond donors (Lipinski definition) is 2. The molecular formula is C12H14ClN3S. The van der Waals surface area contributed by atoms with Crippen LogP contribution in [0.5, 0.6) is 0 Å². The fourth-order valence-corrected chi connectivity index (χ4v) is 2.61. The fourth-order valence-electron chi connectivity index (χ4n) is 1.73. The molecule has 3 N–H and O–H groups in total. The van der Waals surface area contributed by atoms with E-state index in [-0.39, 0.29) is 6.04 Å². The molecule has 0 fully saturated rings. The molecule has 0 bridgehead atoms. The molecule has 2 aromatic heterocycles. The number of hydrogen-bond acceptors (Lipinski definition) is 4. The highest BCUT2D eigenvalue weighted by atomic mass is 35.5. The van der Waals surface area contributed by atoms with Crippen molar-refractivity contribution in [1.82, 2.24) is 10.4 Å². The molecule has 90 valence electrons. The Labute approximate surface area is 110 Å². The molecule has 1 unspecified atom stereocenters. The first-order chi connectivity index (χ1) is 8.29. The van der Waals surface area contributed by atoms with Gasteiger partial charge in [0.05, 0.1) is 0 Å². The number of aromatic nitrogens is 1. The van der Waals surface area contributed by atoms with Gasteiger partial charge in [0.15, 0.2) is 0 Å². The Bertz CT molecular complexity index is 459. The van der Waals surface area contributed by atoms with Crippen LogP contribution in [0.2, 0.25) is 5.15 Å². The minimum atomic E-state index is 0.107. The molecule has 0 radical (unpaired) electrons. The molecule has 2 heterocycles. The summed E-state index contributed by atoms with van der Waals surface area (Å²) >= 11 is 7.58. The van der Waals surface area contributed by atoms with Crippen molar-refractivity contribution in [1.29, 1.82) is 0 Å². The van der Waals surface area contributed by atoms with E-state index in [2.05, 4.69) is 27.2 Å². The lowest BCUT2D eigenvalue weighted by Crippen LogP contribution is -2.28. The summed E-state index contributed by atoms with van der Waals surface area (Å²) in [6.07, 6.45) is 3.64. The minimum Gasteiger partial charge on any atom is -0.271 e. The average Bonchev–Trinajstić information content (AvgIpc) is 2.83. The molecule has 0 aromatic carbocycles. The van der Waals surface area contributed by atoms with Crippen LogP contribution in [-0.4, -0.2) is 4.98 Å². The highest BCUT2D eigenvalue weighted by Gasteiger charge is 2.10. The molecule has 17 heavy (non-hydrogen) atoms. The van der Waals surface area contributed by atoms with E-state index in [0.717, 1.165) is 18.4 Å². The maximum Gasteiger partial charge on any atom is 0.129 e. The predicted molar refractivity (Wildman–Crippen MR) is 72.0 cm³/mol. The summed E-state index contributed by atoms with van der Waals surface area (Å²) in [6, 6.07) is 6.03. The van der Waals surface area contributed by atoms with Crippen molar-refractivity contribution in [2.45, 2.75) is 18.9 Å². The van der Waals surface area contributed by atoms with Gasteiger partial charge in [-0.3, -0.25) is 11.3 Å². The number of rotatable bonds is 5. The van der Waals surface area contributed by atoms with E-state index >= 15 is 0 Å². The van der Waals surface area contributed by atoms with Gasteiger partial charge < -0.3 is 0 Å². The molecule has 0 aliphatic rings. The lowest BCUT2D eigenvalue weighted by Gasteiger charge is -2.15. The van der Waals surface area contributed by atoms with Crippen LogP contribution in [0.3, 0.4) is 0 Å². The van der Waals surface area contributed by atoms with Gasteiger partial charge in [0.2, 0.25) is 0 Å². The van der Waals surface area contributed by atoms with Crippen LogP contribution >= 0.6 is 22.9 Å². The van der Waals surface area contributed by atoms with Crippen molar-refractivity contribution in [3.05, 3.63) is 51.4 Å². The van der Waals surface area contributed by atoms with Gasteiger partial charge in [-0.15, -0.1) is 0 Å². The van der Waals surface area contributed by atoms with Gasteiger partial charge in [0, 0.05) is 12.2 Å². The first-order valence-electron chi connectivity index (χ1n) is 5.38. The smallest absolute Gasteiger partial charge is 0.129 e. The van der Waals surface area contributed by atoms with E-state index in [1.165, 1.54) is 5.56 Å². The van der Waals surface area contributed by atoms with Gasteiger partial charge >= 0.3 is 0 Å². The Balaban J connectivity index is 2.01. The van der Waals surface area contributed by atoms with Crippen molar-refractivity contribution in [3.8, 4) is 0 Å². The quantitative estimate of drug-likeness (QED) is 0.498. The van der Waals surface area contributed by atoms with Crippen molar-refractivity contribution < 1.29 is 0 Å². The van der Waals surface area contributed by atoms with E-state index in [4.69, 9.17) is 17.4 Å². The van der Waals surface area contributed by atoms with Crippen LogP contribution in [-0.2, 0) is 6.42 Å². The van der Waals surface area contributed by atoms with E-state index in [1.807, 2.05) is 12.1 Å². The molecule has 5 heteroatoms. The lowest BCUT2D eigenvalue weighted by molar-refractivity contribution is 0.516. The first kappa shape index (κ1) is 12.5. The molecule has 0 saturated carbocycles. The van der Waals surface area contributed by atoms with Crippen LogP contribution in [0.15, 0.2) is 35.2 Å². The highest BCUT2D eigenvalue weighted by molar-refractivity contribution is 7.07. The largest absolute Gasteiger partial charge is 0.271 e. The third kappa shape index (κ3) is 3.51. The zero-order chi connectivity index (χ0) is 12.1. The second-order valence-electron chi connectivity index (χ2n) is 3.80. The zero-order valence-electron chi connectivity index (χ0n) is 9.27. The van der Waals surface area contributed by atoms with E-state index in [0.29, 0.717) is 5.15 Å². The number of nitrogens with zero attached hydrogens (tertiary/aromatic N) is 1. The first-order valence-corrected chi connectivity index (χ1v) is 6.70. The molecule has 0 spiro atoms. The van der Waals surface area contributed by atoms with Gasteiger partial charge in [-0.05, 0) is 52.9 Å². The number of pyridine rings is 1. The second-order valence-corrected chi connectivity index (χ2v) is 4.97. The Morgan fingerprint density at radius 2 is 2.35 bits per heavy atom. The maximum absolute atomic E-state index is 5.87. The number of hydrazine groups is 1. The van der Waals surface area contributed by atoms with Crippen molar-refractivity contribution >= 4 is 22.9 Å². The summed E-state index contributed by atoms with van der Waals surface area (Å²) in [6.45, 7) is 0. The predicted octanol–water partition coefficient (Wildman–Crippen LogP) is 2.93. The molecule has 0 saturated heterocycles. The van der Waals surface area contributed by atoms with E-state index < -0.39 is 0 Å². The number of nitrogens with one attached hydrogen (secondary N) is 1. The fraction of sp³-hybridized carbons (Fsp3) is 0.250. The Kier molecular flexibility index (Phi) is 4.50. The van der Waals surface area contributed by atoms with Crippen LogP contribution in [0.4, 0.5) is 0 Å². The van der Waals surface area contributed by atoms with Gasteiger partial charge in [-0.25, -0.2) is 4.98 Å². The SMILES string of the molecule is NNC(CCc1ccsc1)c1ccnc(Cl)c1. The van der Waals surface area contributed by atoms with E-state index in [9.17, 15) is 0 Å². The van der Waals surface area contributed by atoms with Gasteiger partial charge in [-0.2, -0.15) is 11.3 Å². The minimum absolute atomic E-state index is 0.107. The third-order valence-electron chi connectivity index (χ3n) is 2.66. The van der Waals surface area contributed by atoms with Crippen molar-refractivity contribution in [2.75, 3.05) is 0 Å². The summed E-state index contributed by atoms with van der Waals surface area (Å²) in [7, 11) is 0. The van der Waals surface area contributed by atoms with Crippen LogP contribution in [0.1, 0.15) is 23.6 Å². The molecule has 0 amide bonds. The molecular weight excluding hydrogens is 254 g/mol. The summed E-state index contributed by atoms with van der Waals surface area (Å²) in [5, 5.41) is 4.75. The molecule has 0 aliphatic heterocycles. The van der Waals surface area contributed by atoms with Crippen LogP contribution < -0.4 is 11.3 Å². The molecule has 0 aliphatic carbocycles.